The maximum atomic E-state index is 12.2. The number of benzene rings is 2. The molecule has 5 nitrogen and oxygen atoms in total. The van der Waals surface area contributed by atoms with Crippen molar-refractivity contribution in [1.29, 1.82) is 0 Å². The molecular weight excluding hydrogens is 300 g/mol. The highest BCUT2D eigenvalue weighted by Gasteiger charge is 2.09. The van der Waals surface area contributed by atoms with Crippen LogP contribution in [0.3, 0.4) is 0 Å². The van der Waals surface area contributed by atoms with Gasteiger partial charge in [0.05, 0.1) is 6.54 Å². The quantitative estimate of drug-likeness (QED) is 0.758. The molecule has 0 radical (unpaired) electrons. The van der Waals surface area contributed by atoms with E-state index >= 15 is 0 Å². The van der Waals surface area contributed by atoms with Gasteiger partial charge in [0, 0.05) is 11.1 Å². The fourth-order valence-electron chi connectivity index (χ4n) is 2.36. The van der Waals surface area contributed by atoms with E-state index in [-0.39, 0.29) is 5.91 Å². The average molecular weight is 320 g/mol. The first-order chi connectivity index (χ1) is 11.7. The van der Waals surface area contributed by atoms with E-state index in [4.69, 9.17) is 0 Å². The summed E-state index contributed by atoms with van der Waals surface area (Å²) in [6.07, 6.45) is 0.960. The van der Waals surface area contributed by atoms with Crippen molar-refractivity contribution in [3.05, 3.63) is 71.0 Å². The predicted octanol–water partition coefficient (Wildman–Crippen LogP) is 3.27. The second-order valence-corrected chi connectivity index (χ2v) is 5.70. The first kappa shape index (κ1) is 15.9. The maximum absolute atomic E-state index is 12.2. The van der Waals surface area contributed by atoms with Crippen molar-refractivity contribution in [2.75, 3.05) is 0 Å². The molecule has 0 aliphatic rings. The fourth-order valence-corrected chi connectivity index (χ4v) is 2.36. The Kier molecular flexibility index (Phi) is 4.70. The topological polar surface area (TPSA) is 70.7 Å². The highest BCUT2D eigenvalue weighted by atomic mass is 16.1. The monoisotopic (exact) mass is 320 g/mol. The number of carbonyl (C=O) groups excluding carboxylic acids is 1. The number of carbonyl (C=O) groups is 1. The number of aromatic nitrogens is 3. The molecule has 3 aromatic rings. The molecule has 0 atom stereocenters. The third-order valence-electron chi connectivity index (χ3n) is 3.88. The SMILES string of the molecule is CCc1ccc(C(=O)NCc2nc(-c3ccc(C)cc3)n[nH]2)cc1. The van der Waals surface area contributed by atoms with Gasteiger partial charge >= 0.3 is 0 Å². The highest BCUT2D eigenvalue weighted by Crippen LogP contribution is 2.15. The molecule has 0 bridgehead atoms. The van der Waals surface area contributed by atoms with Gasteiger partial charge in [-0.05, 0) is 31.0 Å². The third-order valence-corrected chi connectivity index (χ3v) is 3.88. The number of nitrogens with zero attached hydrogens (tertiary/aromatic N) is 2. The Hall–Kier alpha value is -2.95. The summed E-state index contributed by atoms with van der Waals surface area (Å²) in [7, 11) is 0. The number of aryl methyl sites for hydroxylation is 2. The molecule has 0 unspecified atom stereocenters. The zero-order valence-corrected chi connectivity index (χ0v) is 13.8. The molecule has 0 fully saturated rings. The molecule has 0 aliphatic heterocycles. The average Bonchev–Trinajstić information content (AvgIpc) is 3.09. The molecule has 0 saturated carbocycles. The Balaban J connectivity index is 1.62. The lowest BCUT2D eigenvalue weighted by Crippen LogP contribution is -2.23. The molecule has 1 aromatic heterocycles. The molecule has 122 valence electrons. The van der Waals surface area contributed by atoms with Crippen molar-refractivity contribution >= 4 is 5.91 Å². The largest absolute Gasteiger partial charge is 0.345 e. The van der Waals surface area contributed by atoms with Crippen LogP contribution in [0.15, 0.2) is 48.5 Å². The molecule has 2 aromatic carbocycles. The van der Waals surface area contributed by atoms with Gasteiger partial charge in [-0.15, -0.1) is 0 Å². The van der Waals surface area contributed by atoms with Crippen molar-refractivity contribution in [2.45, 2.75) is 26.8 Å². The highest BCUT2D eigenvalue weighted by molar-refractivity contribution is 5.94. The van der Waals surface area contributed by atoms with Crippen LogP contribution < -0.4 is 5.32 Å². The normalized spacial score (nSPS) is 10.6. The maximum Gasteiger partial charge on any atom is 0.251 e. The van der Waals surface area contributed by atoms with Crippen LogP contribution in [0.5, 0.6) is 0 Å². The third kappa shape index (κ3) is 3.68. The minimum atomic E-state index is -0.120. The van der Waals surface area contributed by atoms with E-state index in [9.17, 15) is 4.79 Å². The molecule has 1 amide bonds. The number of amides is 1. The van der Waals surface area contributed by atoms with Crippen LogP contribution >= 0.6 is 0 Å². The number of hydrogen-bond donors (Lipinski definition) is 2. The second kappa shape index (κ2) is 7.08. The molecule has 0 spiro atoms. The van der Waals surface area contributed by atoms with E-state index < -0.39 is 0 Å². The summed E-state index contributed by atoms with van der Waals surface area (Å²) >= 11 is 0. The number of hydrogen-bond acceptors (Lipinski definition) is 3. The van der Waals surface area contributed by atoms with E-state index in [0.717, 1.165) is 12.0 Å². The van der Waals surface area contributed by atoms with Gasteiger partial charge < -0.3 is 5.32 Å². The van der Waals surface area contributed by atoms with Crippen LogP contribution in [0.4, 0.5) is 0 Å². The van der Waals surface area contributed by atoms with Crippen molar-refractivity contribution in [2.24, 2.45) is 0 Å². The Morgan fingerprint density at radius 1 is 1.08 bits per heavy atom. The first-order valence-electron chi connectivity index (χ1n) is 8.01. The Morgan fingerprint density at radius 3 is 2.46 bits per heavy atom. The van der Waals surface area contributed by atoms with Gasteiger partial charge in [-0.25, -0.2) is 4.98 Å². The smallest absolute Gasteiger partial charge is 0.251 e. The van der Waals surface area contributed by atoms with Gasteiger partial charge in [-0.1, -0.05) is 48.9 Å². The summed E-state index contributed by atoms with van der Waals surface area (Å²) < 4.78 is 0. The lowest BCUT2D eigenvalue weighted by atomic mass is 10.1. The molecule has 1 heterocycles. The van der Waals surface area contributed by atoms with E-state index in [1.165, 1.54) is 11.1 Å². The second-order valence-electron chi connectivity index (χ2n) is 5.70. The van der Waals surface area contributed by atoms with Gasteiger partial charge in [0.25, 0.3) is 5.91 Å². The van der Waals surface area contributed by atoms with E-state index in [1.54, 1.807) is 0 Å². The Morgan fingerprint density at radius 2 is 1.79 bits per heavy atom. The van der Waals surface area contributed by atoms with Crippen LogP contribution in [0.2, 0.25) is 0 Å². The van der Waals surface area contributed by atoms with Crippen molar-refractivity contribution in [1.82, 2.24) is 20.5 Å². The summed E-state index contributed by atoms with van der Waals surface area (Å²) in [5.74, 6) is 1.14. The summed E-state index contributed by atoms with van der Waals surface area (Å²) in [4.78, 5) is 16.6. The number of aromatic amines is 1. The van der Waals surface area contributed by atoms with Crippen molar-refractivity contribution in [3.8, 4) is 11.4 Å². The first-order valence-corrected chi connectivity index (χ1v) is 8.01. The zero-order valence-electron chi connectivity index (χ0n) is 13.8. The minimum absolute atomic E-state index is 0.120. The van der Waals surface area contributed by atoms with Crippen LogP contribution in [0.1, 0.15) is 34.2 Å². The lowest BCUT2D eigenvalue weighted by Gasteiger charge is -2.04. The van der Waals surface area contributed by atoms with Gasteiger partial charge in [0.1, 0.15) is 5.82 Å². The molecule has 0 saturated heterocycles. The molecule has 24 heavy (non-hydrogen) atoms. The van der Waals surface area contributed by atoms with Crippen LogP contribution in [0.25, 0.3) is 11.4 Å². The molecule has 3 rings (SSSR count). The number of rotatable bonds is 5. The summed E-state index contributed by atoms with van der Waals surface area (Å²) in [6, 6.07) is 15.6. The van der Waals surface area contributed by atoms with Crippen LogP contribution in [-0.2, 0) is 13.0 Å². The fraction of sp³-hybridized carbons (Fsp3) is 0.211. The van der Waals surface area contributed by atoms with E-state index in [1.807, 2.05) is 55.5 Å². The lowest BCUT2D eigenvalue weighted by molar-refractivity contribution is 0.0950. The molecular formula is C19H20N4O. The van der Waals surface area contributed by atoms with Crippen molar-refractivity contribution < 1.29 is 4.79 Å². The standard InChI is InChI=1S/C19H20N4O/c1-3-14-6-10-16(11-7-14)19(24)20-12-17-21-18(23-22-17)15-8-4-13(2)5-9-15/h4-11H,3,12H2,1-2H3,(H,20,24)(H,21,22,23). The molecule has 5 heteroatoms. The van der Waals surface area contributed by atoms with Crippen molar-refractivity contribution in [3.63, 3.8) is 0 Å². The van der Waals surface area contributed by atoms with Gasteiger partial charge in [-0.3, -0.25) is 9.89 Å². The Labute approximate surface area is 141 Å². The molecule has 0 aliphatic carbocycles. The van der Waals surface area contributed by atoms with E-state index in [0.29, 0.717) is 23.8 Å². The zero-order chi connectivity index (χ0) is 16.9. The van der Waals surface area contributed by atoms with E-state index in [2.05, 4.69) is 27.4 Å². The predicted molar refractivity (Wildman–Crippen MR) is 93.5 cm³/mol. The van der Waals surface area contributed by atoms with Crippen LogP contribution in [-0.4, -0.2) is 21.1 Å². The van der Waals surface area contributed by atoms with Gasteiger partial charge in [0.15, 0.2) is 5.82 Å². The summed E-state index contributed by atoms with van der Waals surface area (Å²) in [5, 5.41) is 9.92. The molecule has 2 N–H and O–H groups in total. The van der Waals surface area contributed by atoms with Gasteiger partial charge in [-0.2, -0.15) is 5.10 Å². The van der Waals surface area contributed by atoms with Gasteiger partial charge in [0.2, 0.25) is 0 Å². The Bertz CT molecular complexity index is 819. The minimum Gasteiger partial charge on any atom is -0.345 e. The summed E-state index contributed by atoms with van der Waals surface area (Å²) in [6.45, 7) is 4.44. The number of H-pyrrole nitrogens is 1. The number of nitrogens with one attached hydrogen (secondary N) is 2. The summed E-state index contributed by atoms with van der Waals surface area (Å²) in [5.41, 5.74) is 4.00. The van der Waals surface area contributed by atoms with Crippen LogP contribution in [0, 0.1) is 6.92 Å².